The van der Waals surface area contributed by atoms with Gasteiger partial charge in [-0.25, -0.2) is 9.48 Å². The fourth-order valence-corrected chi connectivity index (χ4v) is 2.50. The molecule has 1 aliphatic rings. The van der Waals surface area contributed by atoms with Crippen molar-refractivity contribution in [1.29, 1.82) is 0 Å². The first-order valence-corrected chi connectivity index (χ1v) is 7.24. The number of ether oxygens (including phenoxy) is 2. The summed E-state index contributed by atoms with van der Waals surface area (Å²) in [7, 11) is 0. The highest BCUT2D eigenvalue weighted by Gasteiger charge is 2.23. The third-order valence-electron chi connectivity index (χ3n) is 3.55. The van der Waals surface area contributed by atoms with Gasteiger partial charge in [-0.2, -0.15) is 0 Å². The molecule has 0 fully saturated rings. The molecular formula is C16H12N4O4. The van der Waals surface area contributed by atoms with Gasteiger partial charge < -0.3 is 14.6 Å². The first-order chi connectivity index (χ1) is 11.7. The molecule has 1 N–H and O–H groups in total. The molecule has 8 heteroatoms. The lowest BCUT2D eigenvalue weighted by molar-refractivity contribution is 0.0691. The zero-order chi connectivity index (χ0) is 16.5. The SMILES string of the molecule is O=C(O)c1nnn(-c2ccc3c(c2)OCCO3)c1-c1ccccn1. The van der Waals surface area contributed by atoms with Crippen molar-refractivity contribution < 1.29 is 19.4 Å². The van der Waals surface area contributed by atoms with Crippen LogP contribution in [0.25, 0.3) is 17.1 Å². The minimum Gasteiger partial charge on any atom is -0.486 e. The quantitative estimate of drug-likeness (QED) is 0.784. The minimum atomic E-state index is -1.17. The summed E-state index contributed by atoms with van der Waals surface area (Å²) in [5.41, 5.74) is 1.22. The van der Waals surface area contributed by atoms with Crippen LogP contribution in [0.2, 0.25) is 0 Å². The number of carbonyl (C=O) groups is 1. The summed E-state index contributed by atoms with van der Waals surface area (Å²) >= 11 is 0. The number of carboxylic acid groups (broad SMARTS) is 1. The van der Waals surface area contributed by atoms with Gasteiger partial charge in [0.05, 0.1) is 11.4 Å². The monoisotopic (exact) mass is 324 g/mol. The van der Waals surface area contributed by atoms with Crippen LogP contribution in [-0.4, -0.2) is 44.3 Å². The van der Waals surface area contributed by atoms with Crippen molar-refractivity contribution in [3.63, 3.8) is 0 Å². The maximum absolute atomic E-state index is 11.5. The molecule has 0 aliphatic carbocycles. The number of fused-ring (bicyclic) bond motifs is 1. The lowest BCUT2D eigenvalue weighted by Gasteiger charge is -2.19. The van der Waals surface area contributed by atoms with Gasteiger partial charge in [0.1, 0.15) is 18.9 Å². The van der Waals surface area contributed by atoms with Crippen molar-refractivity contribution in [3.05, 3.63) is 48.3 Å². The molecule has 3 heterocycles. The average Bonchev–Trinajstić information content (AvgIpc) is 3.07. The number of rotatable bonds is 3. The third kappa shape index (κ3) is 2.34. The average molecular weight is 324 g/mol. The number of nitrogens with zero attached hydrogens (tertiary/aromatic N) is 4. The van der Waals surface area contributed by atoms with Gasteiger partial charge in [-0.3, -0.25) is 4.98 Å². The molecule has 0 amide bonds. The third-order valence-corrected chi connectivity index (χ3v) is 3.55. The molecule has 2 aromatic heterocycles. The maximum Gasteiger partial charge on any atom is 0.358 e. The zero-order valence-electron chi connectivity index (χ0n) is 12.4. The number of hydrogen-bond donors (Lipinski definition) is 1. The molecule has 24 heavy (non-hydrogen) atoms. The Balaban J connectivity index is 1.88. The number of hydrogen-bond acceptors (Lipinski definition) is 6. The molecule has 120 valence electrons. The topological polar surface area (TPSA) is 99.4 Å². The minimum absolute atomic E-state index is 0.163. The number of aromatic carboxylic acids is 1. The summed E-state index contributed by atoms with van der Waals surface area (Å²) in [6, 6.07) is 10.5. The fraction of sp³-hybridized carbons (Fsp3) is 0.125. The molecule has 4 rings (SSSR count). The Hall–Kier alpha value is -3.42. The van der Waals surface area contributed by atoms with Crippen molar-refractivity contribution >= 4 is 5.97 Å². The fourth-order valence-electron chi connectivity index (χ4n) is 2.50. The van der Waals surface area contributed by atoms with Crippen LogP contribution >= 0.6 is 0 Å². The van der Waals surface area contributed by atoms with Gasteiger partial charge in [0.25, 0.3) is 0 Å². The van der Waals surface area contributed by atoms with Gasteiger partial charge in [-0.1, -0.05) is 11.3 Å². The molecule has 0 radical (unpaired) electrons. The Morgan fingerprint density at radius 3 is 2.71 bits per heavy atom. The second kappa shape index (κ2) is 5.65. The van der Waals surface area contributed by atoms with Crippen LogP contribution in [0.5, 0.6) is 11.5 Å². The van der Waals surface area contributed by atoms with E-state index in [4.69, 9.17) is 9.47 Å². The smallest absolute Gasteiger partial charge is 0.358 e. The van der Waals surface area contributed by atoms with Crippen LogP contribution in [0.4, 0.5) is 0 Å². The molecule has 8 nitrogen and oxygen atoms in total. The largest absolute Gasteiger partial charge is 0.486 e. The van der Waals surface area contributed by atoms with E-state index in [2.05, 4.69) is 15.3 Å². The maximum atomic E-state index is 11.5. The van der Waals surface area contributed by atoms with E-state index in [0.29, 0.717) is 41.8 Å². The van der Waals surface area contributed by atoms with Crippen LogP contribution < -0.4 is 9.47 Å². The van der Waals surface area contributed by atoms with Crippen molar-refractivity contribution in [2.24, 2.45) is 0 Å². The zero-order valence-corrected chi connectivity index (χ0v) is 12.4. The van der Waals surface area contributed by atoms with Crippen LogP contribution in [0, 0.1) is 0 Å². The van der Waals surface area contributed by atoms with Gasteiger partial charge in [-0.05, 0) is 24.3 Å². The molecule has 1 aliphatic heterocycles. The van der Waals surface area contributed by atoms with E-state index in [1.807, 2.05) is 0 Å². The standard InChI is InChI=1S/C16H12N4O4/c21-16(22)14-15(11-3-1-2-6-17-11)20(19-18-14)10-4-5-12-13(9-10)24-8-7-23-12/h1-6,9H,7-8H2,(H,21,22). The summed E-state index contributed by atoms with van der Waals surface area (Å²) in [6.45, 7) is 0.958. The van der Waals surface area contributed by atoms with E-state index in [1.165, 1.54) is 4.68 Å². The lowest BCUT2D eigenvalue weighted by Crippen LogP contribution is -2.15. The Morgan fingerprint density at radius 1 is 1.12 bits per heavy atom. The highest BCUT2D eigenvalue weighted by molar-refractivity contribution is 5.92. The van der Waals surface area contributed by atoms with Crippen molar-refractivity contribution in [2.45, 2.75) is 0 Å². The Morgan fingerprint density at radius 2 is 1.96 bits per heavy atom. The number of aromatic nitrogens is 4. The van der Waals surface area contributed by atoms with Crippen molar-refractivity contribution in [3.8, 4) is 28.6 Å². The lowest BCUT2D eigenvalue weighted by atomic mass is 10.2. The molecule has 0 saturated heterocycles. The number of benzene rings is 1. The van der Waals surface area contributed by atoms with E-state index in [0.717, 1.165) is 0 Å². The molecule has 0 spiro atoms. The highest BCUT2D eigenvalue weighted by atomic mass is 16.6. The molecule has 0 atom stereocenters. The van der Waals surface area contributed by atoms with Crippen LogP contribution in [0.1, 0.15) is 10.5 Å². The highest BCUT2D eigenvalue weighted by Crippen LogP contribution is 2.33. The summed E-state index contributed by atoms with van der Waals surface area (Å²) in [6.07, 6.45) is 1.59. The van der Waals surface area contributed by atoms with Gasteiger partial charge in [0.2, 0.25) is 0 Å². The molecule has 0 saturated carbocycles. The van der Waals surface area contributed by atoms with Crippen LogP contribution in [0.3, 0.4) is 0 Å². The Labute approximate surface area is 136 Å². The Bertz CT molecular complexity index is 908. The van der Waals surface area contributed by atoms with Gasteiger partial charge in [0.15, 0.2) is 17.2 Å². The van der Waals surface area contributed by atoms with Crippen LogP contribution in [-0.2, 0) is 0 Å². The van der Waals surface area contributed by atoms with Gasteiger partial charge in [0, 0.05) is 12.3 Å². The predicted molar refractivity (Wildman–Crippen MR) is 82.5 cm³/mol. The van der Waals surface area contributed by atoms with Gasteiger partial charge in [-0.15, -0.1) is 5.10 Å². The number of pyridine rings is 1. The molecule has 0 bridgehead atoms. The molecular weight excluding hydrogens is 312 g/mol. The van der Waals surface area contributed by atoms with Crippen molar-refractivity contribution in [1.82, 2.24) is 20.0 Å². The van der Waals surface area contributed by atoms with E-state index >= 15 is 0 Å². The second-order valence-electron chi connectivity index (χ2n) is 5.05. The van der Waals surface area contributed by atoms with E-state index < -0.39 is 5.97 Å². The Kier molecular flexibility index (Phi) is 3.34. The van der Waals surface area contributed by atoms with E-state index in [9.17, 15) is 9.90 Å². The van der Waals surface area contributed by atoms with Crippen LogP contribution in [0.15, 0.2) is 42.6 Å². The van der Waals surface area contributed by atoms with Gasteiger partial charge >= 0.3 is 5.97 Å². The first kappa shape index (κ1) is 14.2. The van der Waals surface area contributed by atoms with Crippen molar-refractivity contribution in [2.75, 3.05) is 13.2 Å². The predicted octanol–water partition coefficient (Wildman–Crippen LogP) is 1.80. The molecule has 1 aromatic carbocycles. The summed E-state index contributed by atoms with van der Waals surface area (Å²) < 4.78 is 12.5. The summed E-state index contributed by atoms with van der Waals surface area (Å²) in [5.74, 6) is 0.0560. The summed E-state index contributed by atoms with van der Waals surface area (Å²) in [4.78, 5) is 15.7. The van der Waals surface area contributed by atoms with E-state index in [1.54, 1.807) is 42.6 Å². The van der Waals surface area contributed by atoms with E-state index in [-0.39, 0.29) is 5.69 Å². The number of carboxylic acids is 1. The molecule has 0 unspecified atom stereocenters. The molecule has 3 aromatic rings. The normalized spacial score (nSPS) is 12.8. The summed E-state index contributed by atoms with van der Waals surface area (Å²) in [5, 5.41) is 17.2. The first-order valence-electron chi connectivity index (χ1n) is 7.24. The second-order valence-corrected chi connectivity index (χ2v) is 5.05.